The summed E-state index contributed by atoms with van der Waals surface area (Å²) in [6, 6.07) is 19.9. The molecule has 0 fully saturated rings. The van der Waals surface area contributed by atoms with Gasteiger partial charge in [0.05, 0.1) is 6.54 Å². The molecule has 106 valence electrons. The van der Waals surface area contributed by atoms with E-state index in [-0.39, 0.29) is 18.3 Å². The topological polar surface area (TPSA) is 41.1 Å². The SMILES string of the molecule is Cl.O=C(CNCc1ccccc1)NCc1ccccc1. The van der Waals surface area contributed by atoms with Crippen molar-refractivity contribution in [2.24, 2.45) is 0 Å². The molecule has 0 heterocycles. The van der Waals surface area contributed by atoms with E-state index in [2.05, 4.69) is 10.6 Å². The van der Waals surface area contributed by atoms with Gasteiger partial charge < -0.3 is 10.6 Å². The lowest BCUT2D eigenvalue weighted by atomic mass is 10.2. The highest BCUT2D eigenvalue weighted by Crippen LogP contribution is 1.98. The first-order chi connectivity index (χ1) is 9.34. The molecule has 0 aliphatic carbocycles. The van der Waals surface area contributed by atoms with Gasteiger partial charge in [0.2, 0.25) is 5.91 Å². The van der Waals surface area contributed by atoms with Crippen molar-refractivity contribution in [1.29, 1.82) is 0 Å². The van der Waals surface area contributed by atoms with Crippen LogP contribution in [0.3, 0.4) is 0 Å². The molecule has 0 aromatic heterocycles. The van der Waals surface area contributed by atoms with E-state index in [1.54, 1.807) is 0 Å². The van der Waals surface area contributed by atoms with Crippen LogP contribution in [-0.4, -0.2) is 12.5 Å². The predicted molar refractivity (Wildman–Crippen MR) is 83.7 cm³/mol. The van der Waals surface area contributed by atoms with E-state index in [0.29, 0.717) is 19.6 Å². The number of benzene rings is 2. The summed E-state index contributed by atoms with van der Waals surface area (Å²) in [5.74, 6) is 0.0137. The van der Waals surface area contributed by atoms with Crippen molar-refractivity contribution >= 4 is 18.3 Å². The first-order valence-corrected chi connectivity index (χ1v) is 6.40. The van der Waals surface area contributed by atoms with E-state index in [0.717, 1.165) is 5.56 Å². The Hall–Kier alpha value is -1.84. The zero-order chi connectivity index (χ0) is 13.3. The predicted octanol–water partition coefficient (Wildman–Crippen LogP) is 2.51. The number of amides is 1. The van der Waals surface area contributed by atoms with Gasteiger partial charge in [0.15, 0.2) is 0 Å². The van der Waals surface area contributed by atoms with Gasteiger partial charge in [-0.2, -0.15) is 0 Å². The van der Waals surface area contributed by atoms with Gasteiger partial charge in [-0.05, 0) is 11.1 Å². The van der Waals surface area contributed by atoms with Crippen LogP contribution in [0.25, 0.3) is 0 Å². The fraction of sp³-hybridized carbons (Fsp3) is 0.188. The third-order valence-electron chi connectivity index (χ3n) is 2.79. The summed E-state index contributed by atoms with van der Waals surface area (Å²) in [4.78, 5) is 11.6. The van der Waals surface area contributed by atoms with Crippen molar-refractivity contribution in [2.45, 2.75) is 13.1 Å². The van der Waals surface area contributed by atoms with E-state index in [4.69, 9.17) is 0 Å². The van der Waals surface area contributed by atoms with Gasteiger partial charge >= 0.3 is 0 Å². The second-order valence-electron chi connectivity index (χ2n) is 4.35. The lowest BCUT2D eigenvalue weighted by Gasteiger charge is -2.07. The fourth-order valence-electron chi connectivity index (χ4n) is 1.78. The normalized spacial score (nSPS) is 9.60. The van der Waals surface area contributed by atoms with Crippen LogP contribution in [0.4, 0.5) is 0 Å². The van der Waals surface area contributed by atoms with Gasteiger partial charge in [0.25, 0.3) is 0 Å². The third-order valence-corrected chi connectivity index (χ3v) is 2.79. The average molecular weight is 291 g/mol. The smallest absolute Gasteiger partial charge is 0.234 e. The molecule has 0 unspecified atom stereocenters. The molecule has 2 N–H and O–H groups in total. The minimum absolute atomic E-state index is 0. The van der Waals surface area contributed by atoms with Crippen LogP contribution >= 0.6 is 12.4 Å². The maximum Gasteiger partial charge on any atom is 0.234 e. The third kappa shape index (κ3) is 5.87. The molecule has 0 aliphatic heterocycles. The molecule has 0 aliphatic rings. The summed E-state index contributed by atoms with van der Waals surface area (Å²) in [7, 11) is 0. The molecule has 2 rings (SSSR count). The Morgan fingerprint density at radius 3 is 1.85 bits per heavy atom. The van der Waals surface area contributed by atoms with Gasteiger partial charge in [-0.3, -0.25) is 4.79 Å². The standard InChI is InChI=1S/C16H18N2O.ClH/c19-16(18-12-15-9-5-2-6-10-15)13-17-11-14-7-3-1-4-8-14;/h1-10,17H,11-13H2,(H,18,19);1H. The molecule has 2 aromatic rings. The molecule has 1 amide bonds. The van der Waals surface area contributed by atoms with E-state index < -0.39 is 0 Å². The van der Waals surface area contributed by atoms with Crippen molar-refractivity contribution in [3.63, 3.8) is 0 Å². The maximum atomic E-state index is 11.6. The van der Waals surface area contributed by atoms with Crippen molar-refractivity contribution < 1.29 is 4.79 Å². The van der Waals surface area contributed by atoms with E-state index in [9.17, 15) is 4.79 Å². The minimum atomic E-state index is 0. The number of carbonyl (C=O) groups excluding carboxylic acids is 1. The molecule has 0 saturated heterocycles. The maximum absolute atomic E-state index is 11.6. The van der Waals surface area contributed by atoms with Crippen LogP contribution in [0.1, 0.15) is 11.1 Å². The Labute approximate surface area is 125 Å². The van der Waals surface area contributed by atoms with E-state index in [1.165, 1.54) is 5.56 Å². The summed E-state index contributed by atoms with van der Waals surface area (Å²) < 4.78 is 0. The Kier molecular flexibility index (Phi) is 7.40. The molecule has 2 aromatic carbocycles. The Morgan fingerprint density at radius 1 is 0.800 bits per heavy atom. The Bertz CT molecular complexity index is 502. The number of hydrogen-bond acceptors (Lipinski definition) is 2. The molecular weight excluding hydrogens is 272 g/mol. The highest BCUT2D eigenvalue weighted by atomic mass is 35.5. The average Bonchev–Trinajstić information content (AvgIpc) is 2.47. The van der Waals surface area contributed by atoms with Crippen LogP contribution in [0.5, 0.6) is 0 Å². The highest BCUT2D eigenvalue weighted by Gasteiger charge is 2.00. The summed E-state index contributed by atoms with van der Waals surface area (Å²) in [6.45, 7) is 1.62. The number of carbonyl (C=O) groups is 1. The highest BCUT2D eigenvalue weighted by molar-refractivity contribution is 5.85. The number of halogens is 1. The molecule has 0 bridgehead atoms. The Balaban J connectivity index is 0.00000200. The molecule has 0 radical (unpaired) electrons. The summed E-state index contributed by atoms with van der Waals surface area (Å²) >= 11 is 0. The van der Waals surface area contributed by atoms with Crippen molar-refractivity contribution in [3.05, 3.63) is 71.8 Å². The number of nitrogens with one attached hydrogen (secondary N) is 2. The second-order valence-corrected chi connectivity index (χ2v) is 4.35. The number of rotatable bonds is 6. The van der Waals surface area contributed by atoms with Crippen LogP contribution < -0.4 is 10.6 Å². The quantitative estimate of drug-likeness (QED) is 0.858. The molecule has 0 atom stereocenters. The molecule has 3 nitrogen and oxygen atoms in total. The van der Waals surface area contributed by atoms with Crippen LogP contribution in [-0.2, 0) is 17.9 Å². The van der Waals surface area contributed by atoms with Crippen molar-refractivity contribution in [2.75, 3.05) is 6.54 Å². The fourth-order valence-corrected chi connectivity index (χ4v) is 1.78. The molecular formula is C16H19ClN2O. The summed E-state index contributed by atoms with van der Waals surface area (Å²) in [5.41, 5.74) is 2.29. The molecule has 0 saturated carbocycles. The van der Waals surface area contributed by atoms with Crippen LogP contribution in [0.15, 0.2) is 60.7 Å². The van der Waals surface area contributed by atoms with Gasteiger partial charge in [-0.1, -0.05) is 60.7 Å². The first-order valence-electron chi connectivity index (χ1n) is 6.40. The molecule has 0 spiro atoms. The van der Waals surface area contributed by atoms with Gasteiger partial charge in [0.1, 0.15) is 0 Å². The van der Waals surface area contributed by atoms with Crippen LogP contribution in [0, 0.1) is 0 Å². The molecule has 20 heavy (non-hydrogen) atoms. The number of hydrogen-bond donors (Lipinski definition) is 2. The van der Waals surface area contributed by atoms with Gasteiger partial charge in [-0.25, -0.2) is 0 Å². The monoisotopic (exact) mass is 290 g/mol. The molecule has 4 heteroatoms. The summed E-state index contributed by atoms with van der Waals surface area (Å²) in [5, 5.41) is 6.01. The second kappa shape index (κ2) is 9.13. The van der Waals surface area contributed by atoms with Crippen LogP contribution in [0.2, 0.25) is 0 Å². The summed E-state index contributed by atoms with van der Waals surface area (Å²) in [6.07, 6.45) is 0. The first kappa shape index (κ1) is 16.2. The van der Waals surface area contributed by atoms with Gasteiger partial charge in [-0.15, -0.1) is 12.4 Å². The zero-order valence-electron chi connectivity index (χ0n) is 11.2. The van der Waals surface area contributed by atoms with E-state index >= 15 is 0 Å². The van der Waals surface area contributed by atoms with Gasteiger partial charge in [0, 0.05) is 13.1 Å². The van der Waals surface area contributed by atoms with Crippen molar-refractivity contribution in [1.82, 2.24) is 10.6 Å². The largest absolute Gasteiger partial charge is 0.351 e. The lowest BCUT2D eigenvalue weighted by molar-refractivity contribution is -0.120. The minimum Gasteiger partial charge on any atom is -0.351 e. The zero-order valence-corrected chi connectivity index (χ0v) is 12.0. The van der Waals surface area contributed by atoms with Crippen molar-refractivity contribution in [3.8, 4) is 0 Å². The van der Waals surface area contributed by atoms with E-state index in [1.807, 2.05) is 60.7 Å². The lowest BCUT2D eigenvalue weighted by Crippen LogP contribution is -2.33. The Morgan fingerprint density at radius 2 is 1.30 bits per heavy atom.